The van der Waals surface area contributed by atoms with E-state index >= 15 is 0 Å². The van der Waals surface area contributed by atoms with Gasteiger partial charge in [-0.1, -0.05) is 30.3 Å². The zero-order valence-corrected chi connectivity index (χ0v) is 13.2. The molecule has 0 unspecified atom stereocenters. The number of carboxylic acid groups (broad SMARTS) is 1. The molecule has 1 N–H and O–H groups in total. The molecule has 0 aromatic heterocycles. The highest BCUT2D eigenvalue weighted by Gasteiger charge is 2.28. The molecule has 0 radical (unpaired) electrons. The minimum atomic E-state index is -0.802. The van der Waals surface area contributed by atoms with Crippen LogP contribution in [-0.4, -0.2) is 35.5 Å². The van der Waals surface area contributed by atoms with Gasteiger partial charge in [0, 0.05) is 25.9 Å². The summed E-state index contributed by atoms with van der Waals surface area (Å²) < 4.78 is 0. The molecule has 1 aromatic rings. The fourth-order valence-electron chi connectivity index (χ4n) is 3.29. The Labute approximate surface area is 132 Å². The molecule has 0 aliphatic heterocycles. The zero-order chi connectivity index (χ0) is 15.9. The molecule has 1 aromatic carbocycles. The Kier molecular flexibility index (Phi) is 5.99. The van der Waals surface area contributed by atoms with E-state index in [0.29, 0.717) is 18.9 Å². The Morgan fingerprint density at radius 1 is 1.14 bits per heavy atom. The summed E-state index contributed by atoms with van der Waals surface area (Å²) in [4.78, 5) is 24.6. The third-order valence-corrected chi connectivity index (χ3v) is 4.61. The average molecular weight is 303 g/mol. The van der Waals surface area contributed by atoms with Crippen LogP contribution in [0.3, 0.4) is 0 Å². The van der Waals surface area contributed by atoms with Crippen molar-refractivity contribution in [1.82, 2.24) is 4.90 Å². The Morgan fingerprint density at radius 2 is 1.77 bits per heavy atom. The molecule has 0 spiro atoms. The van der Waals surface area contributed by atoms with Gasteiger partial charge in [0.1, 0.15) is 0 Å². The van der Waals surface area contributed by atoms with Crippen LogP contribution in [0.5, 0.6) is 0 Å². The quantitative estimate of drug-likeness (QED) is 0.877. The average Bonchev–Trinajstić information content (AvgIpc) is 2.54. The van der Waals surface area contributed by atoms with Crippen LogP contribution in [0.1, 0.15) is 50.0 Å². The summed E-state index contributed by atoms with van der Waals surface area (Å²) in [5.41, 5.74) is 1.38. The summed E-state index contributed by atoms with van der Waals surface area (Å²) in [5.74, 6) is 0.0541. The van der Waals surface area contributed by atoms with Gasteiger partial charge in [-0.2, -0.15) is 0 Å². The molecule has 120 valence electrons. The fourth-order valence-corrected chi connectivity index (χ4v) is 3.29. The van der Waals surface area contributed by atoms with Crippen molar-refractivity contribution in [1.29, 1.82) is 0 Å². The minimum Gasteiger partial charge on any atom is -0.481 e. The van der Waals surface area contributed by atoms with Crippen molar-refractivity contribution < 1.29 is 14.7 Å². The number of carbonyl (C=O) groups excluding carboxylic acids is 1. The van der Waals surface area contributed by atoms with Crippen LogP contribution in [-0.2, 0) is 9.59 Å². The van der Waals surface area contributed by atoms with Crippen LogP contribution in [0, 0.1) is 5.92 Å². The molecule has 2 rings (SSSR count). The van der Waals surface area contributed by atoms with E-state index in [2.05, 4.69) is 24.3 Å². The first-order chi connectivity index (χ1) is 10.6. The molecule has 1 fully saturated rings. The van der Waals surface area contributed by atoms with E-state index in [9.17, 15) is 9.59 Å². The summed E-state index contributed by atoms with van der Waals surface area (Å²) in [7, 11) is 1.79. The van der Waals surface area contributed by atoms with E-state index in [4.69, 9.17) is 5.11 Å². The Balaban J connectivity index is 1.78. The van der Waals surface area contributed by atoms with Crippen molar-refractivity contribution >= 4 is 11.9 Å². The Hall–Kier alpha value is -1.84. The van der Waals surface area contributed by atoms with Crippen molar-refractivity contribution in [3.63, 3.8) is 0 Å². The third kappa shape index (κ3) is 4.58. The van der Waals surface area contributed by atoms with Gasteiger partial charge < -0.3 is 10.0 Å². The van der Waals surface area contributed by atoms with Gasteiger partial charge in [-0.05, 0) is 43.6 Å². The number of hydrogen-bond donors (Lipinski definition) is 1. The van der Waals surface area contributed by atoms with Crippen molar-refractivity contribution in [2.75, 3.05) is 13.6 Å². The standard InChI is InChI=1S/C18H25NO3/c1-19(13-5-8-17(20)21)18(22)16-11-9-15(10-12-16)14-6-3-2-4-7-14/h2-4,6-7,15-16H,5,8-13H2,1H3,(H,20,21). The van der Waals surface area contributed by atoms with Crippen molar-refractivity contribution in [2.45, 2.75) is 44.4 Å². The predicted molar refractivity (Wildman–Crippen MR) is 85.6 cm³/mol. The van der Waals surface area contributed by atoms with Crippen molar-refractivity contribution in [3.8, 4) is 0 Å². The molecule has 0 atom stereocenters. The molecule has 0 saturated heterocycles. The second-order valence-electron chi connectivity index (χ2n) is 6.22. The molecular formula is C18H25NO3. The maximum Gasteiger partial charge on any atom is 0.303 e. The highest BCUT2D eigenvalue weighted by Crippen LogP contribution is 2.36. The van der Waals surface area contributed by atoms with Crippen LogP contribution in [0.2, 0.25) is 0 Å². The van der Waals surface area contributed by atoms with Crippen LogP contribution in [0.15, 0.2) is 30.3 Å². The Morgan fingerprint density at radius 3 is 2.36 bits per heavy atom. The van der Waals surface area contributed by atoms with Crippen LogP contribution in [0.4, 0.5) is 0 Å². The first kappa shape index (κ1) is 16.5. The summed E-state index contributed by atoms with van der Waals surface area (Å²) in [6, 6.07) is 10.5. The SMILES string of the molecule is CN(CCCC(=O)O)C(=O)C1CCC(c2ccccc2)CC1. The Bertz CT molecular complexity index is 492. The summed E-state index contributed by atoms with van der Waals surface area (Å²) >= 11 is 0. The van der Waals surface area contributed by atoms with E-state index in [1.807, 2.05) is 6.07 Å². The lowest BCUT2D eigenvalue weighted by atomic mass is 9.78. The molecule has 0 heterocycles. The number of carbonyl (C=O) groups is 2. The van der Waals surface area contributed by atoms with Gasteiger partial charge in [0.05, 0.1) is 0 Å². The topological polar surface area (TPSA) is 57.6 Å². The molecule has 4 heteroatoms. The molecule has 4 nitrogen and oxygen atoms in total. The lowest BCUT2D eigenvalue weighted by Crippen LogP contribution is -2.35. The van der Waals surface area contributed by atoms with Crippen molar-refractivity contribution in [2.24, 2.45) is 5.92 Å². The predicted octanol–water partition coefficient (Wildman–Crippen LogP) is 3.28. The first-order valence-corrected chi connectivity index (χ1v) is 8.09. The van der Waals surface area contributed by atoms with Crippen molar-refractivity contribution in [3.05, 3.63) is 35.9 Å². The molecule has 1 amide bonds. The van der Waals surface area contributed by atoms with Gasteiger partial charge in [0.15, 0.2) is 0 Å². The first-order valence-electron chi connectivity index (χ1n) is 8.09. The third-order valence-electron chi connectivity index (χ3n) is 4.61. The van der Waals surface area contributed by atoms with Gasteiger partial charge >= 0.3 is 5.97 Å². The largest absolute Gasteiger partial charge is 0.481 e. The van der Waals surface area contributed by atoms with E-state index < -0.39 is 5.97 Å². The monoisotopic (exact) mass is 303 g/mol. The second kappa shape index (κ2) is 7.97. The number of hydrogen-bond acceptors (Lipinski definition) is 2. The highest BCUT2D eigenvalue weighted by atomic mass is 16.4. The van der Waals surface area contributed by atoms with Crippen LogP contribution >= 0.6 is 0 Å². The van der Waals surface area contributed by atoms with Gasteiger partial charge in [-0.25, -0.2) is 0 Å². The summed E-state index contributed by atoms with van der Waals surface area (Å²) in [6.07, 6.45) is 4.63. The number of amides is 1. The highest BCUT2D eigenvalue weighted by molar-refractivity contribution is 5.78. The maximum absolute atomic E-state index is 12.4. The van der Waals surface area contributed by atoms with Gasteiger partial charge in [-0.15, -0.1) is 0 Å². The van der Waals surface area contributed by atoms with E-state index in [1.165, 1.54) is 5.56 Å². The molecule has 1 saturated carbocycles. The zero-order valence-electron chi connectivity index (χ0n) is 13.2. The molecule has 1 aliphatic rings. The van der Waals surface area contributed by atoms with E-state index in [1.54, 1.807) is 11.9 Å². The normalized spacial score (nSPS) is 21.3. The molecular weight excluding hydrogens is 278 g/mol. The van der Waals surface area contributed by atoms with Gasteiger partial charge in [-0.3, -0.25) is 9.59 Å². The number of benzene rings is 1. The maximum atomic E-state index is 12.4. The summed E-state index contributed by atoms with van der Waals surface area (Å²) in [6.45, 7) is 0.531. The van der Waals surface area contributed by atoms with E-state index in [-0.39, 0.29) is 18.2 Å². The number of aliphatic carboxylic acids is 1. The van der Waals surface area contributed by atoms with Gasteiger partial charge in [0.25, 0.3) is 0 Å². The number of nitrogens with zero attached hydrogens (tertiary/aromatic N) is 1. The number of carboxylic acids is 1. The summed E-state index contributed by atoms with van der Waals surface area (Å²) in [5, 5.41) is 8.65. The van der Waals surface area contributed by atoms with E-state index in [0.717, 1.165) is 25.7 Å². The minimum absolute atomic E-state index is 0.106. The molecule has 1 aliphatic carbocycles. The second-order valence-corrected chi connectivity index (χ2v) is 6.22. The fraction of sp³-hybridized carbons (Fsp3) is 0.556. The lowest BCUT2D eigenvalue weighted by molar-refractivity contribution is -0.139. The molecule has 0 bridgehead atoms. The van der Waals surface area contributed by atoms with Gasteiger partial charge in [0.2, 0.25) is 5.91 Å². The smallest absolute Gasteiger partial charge is 0.303 e. The lowest BCUT2D eigenvalue weighted by Gasteiger charge is -2.30. The van der Waals surface area contributed by atoms with Crippen LogP contribution < -0.4 is 0 Å². The number of rotatable bonds is 6. The molecule has 22 heavy (non-hydrogen) atoms. The van der Waals surface area contributed by atoms with Crippen LogP contribution in [0.25, 0.3) is 0 Å².